The summed E-state index contributed by atoms with van der Waals surface area (Å²) in [7, 11) is 0. The van der Waals surface area contributed by atoms with E-state index in [0.717, 1.165) is 44.9 Å². The molecule has 0 amide bonds. The van der Waals surface area contributed by atoms with Crippen LogP contribution in [0, 0.1) is 5.92 Å². The van der Waals surface area contributed by atoms with Gasteiger partial charge >= 0.3 is 11.9 Å². The molecular formula is C14H28O4Zn. The van der Waals surface area contributed by atoms with Crippen molar-refractivity contribution in [2.24, 2.45) is 5.92 Å². The monoisotopic (exact) mass is 324 g/mol. The summed E-state index contributed by atoms with van der Waals surface area (Å²) in [4.78, 5) is 20.3. The molecule has 0 aromatic heterocycles. The molecule has 4 nitrogen and oxygen atoms in total. The molecule has 0 fully saturated rings. The molecule has 0 saturated carbocycles. The Kier molecular flexibility index (Phi) is 21.9. The fourth-order valence-corrected chi connectivity index (χ4v) is 1.48. The molecule has 0 aliphatic carbocycles. The van der Waals surface area contributed by atoms with Crippen molar-refractivity contribution in [3.05, 3.63) is 0 Å². The number of hydrogen-bond acceptors (Lipinski definition) is 2. The molecule has 0 saturated heterocycles. The molecule has 5 heteroatoms. The van der Waals surface area contributed by atoms with E-state index >= 15 is 0 Å². The largest absolute Gasteiger partial charge is 0.481 e. The summed E-state index contributed by atoms with van der Waals surface area (Å²) in [6.07, 6.45) is 6.99. The van der Waals surface area contributed by atoms with Gasteiger partial charge in [-0.3, -0.25) is 9.59 Å². The van der Waals surface area contributed by atoms with Gasteiger partial charge in [0.25, 0.3) is 0 Å². The maximum Gasteiger partial charge on any atom is 0.306 e. The number of unbranched alkanes of at least 4 members (excludes halogenated alkanes) is 3. The zero-order chi connectivity index (χ0) is 14.4. The third-order valence-corrected chi connectivity index (χ3v) is 2.74. The first-order valence-corrected chi connectivity index (χ1v) is 6.94. The Hall–Kier alpha value is -0.437. The molecule has 110 valence electrons. The van der Waals surface area contributed by atoms with Crippen molar-refractivity contribution in [3.8, 4) is 0 Å². The van der Waals surface area contributed by atoms with Gasteiger partial charge in [-0.05, 0) is 19.3 Å². The molecule has 1 atom stereocenters. The molecule has 0 heterocycles. The Labute approximate surface area is 129 Å². The first kappa shape index (κ1) is 23.6. The van der Waals surface area contributed by atoms with Crippen molar-refractivity contribution < 1.29 is 39.3 Å². The number of carboxylic acids is 2. The molecule has 0 aliphatic heterocycles. The fourth-order valence-electron chi connectivity index (χ4n) is 1.48. The first-order valence-electron chi connectivity index (χ1n) is 6.94. The van der Waals surface area contributed by atoms with Gasteiger partial charge < -0.3 is 10.2 Å². The van der Waals surface area contributed by atoms with Gasteiger partial charge in [-0.2, -0.15) is 0 Å². The molecule has 0 aliphatic rings. The van der Waals surface area contributed by atoms with Gasteiger partial charge in [-0.15, -0.1) is 0 Å². The van der Waals surface area contributed by atoms with Gasteiger partial charge in [-0.1, -0.05) is 46.5 Å². The van der Waals surface area contributed by atoms with Crippen molar-refractivity contribution in [1.82, 2.24) is 0 Å². The van der Waals surface area contributed by atoms with Crippen LogP contribution in [0.2, 0.25) is 0 Å². The SMILES string of the molecule is CCCCC(CC)C(=O)O.CCCCCC(=O)O.[Zn]. The molecule has 2 N–H and O–H groups in total. The van der Waals surface area contributed by atoms with E-state index in [2.05, 4.69) is 13.8 Å². The van der Waals surface area contributed by atoms with Crippen molar-refractivity contribution in [2.75, 3.05) is 0 Å². The second kappa shape index (κ2) is 17.6. The molecular weight excluding hydrogens is 298 g/mol. The van der Waals surface area contributed by atoms with Crippen molar-refractivity contribution >= 4 is 11.9 Å². The number of carboxylic acid groups (broad SMARTS) is 2. The maximum absolute atomic E-state index is 10.4. The van der Waals surface area contributed by atoms with E-state index in [1.165, 1.54) is 0 Å². The van der Waals surface area contributed by atoms with Crippen LogP contribution in [-0.2, 0) is 29.1 Å². The minimum absolute atomic E-state index is 0. The van der Waals surface area contributed by atoms with Crippen LogP contribution >= 0.6 is 0 Å². The molecule has 0 radical (unpaired) electrons. The van der Waals surface area contributed by atoms with Crippen LogP contribution in [0.25, 0.3) is 0 Å². The quantitative estimate of drug-likeness (QED) is 0.497. The molecule has 0 aromatic rings. The summed E-state index contributed by atoms with van der Waals surface area (Å²) < 4.78 is 0. The van der Waals surface area contributed by atoms with Gasteiger partial charge in [-0.25, -0.2) is 0 Å². The fraction of sp³-hybridized carbons (Fsp3) is 0.857. The van der Waals surface area contributed by atoms with Crippen LogP contribution in [0.5, 0.6) is 0 Å². The standard InChI is InChI=1S/C8H16O2.C6H12O2.Zn/c1-3-5-6-7(4-2)8(9)10;1-2-3-4-5-6(7)8;/h7H,3-6H2,1-2H3,(H,9,10);2-5H2,1H3,(H,7,8);. The summed E-state index contributed by atoms with van der Waals surface area (Å²) >= 11 is 0. The predicted molar refractivity (Wildman–Crippen MR) is 72.7 cm³/mol. The zero-order valence-corrected chi connectivity index (χ0v) is 15.6. The maximum atomic E-state index is 10.4. The van der Waals surface area contributed by atoms with E-state index in [1.807, 2.05) is 6.92 Å². The average molecular weight is 326 g/mol. The van der Waals surface area contributed by atoms with Crippen molar-refractivity contribution in [2.45, 2.75) is 72.1 Å². The third-order valence-electron chi connectivity index (χ3n) is 2.74. The molecule has 0 spiro atoms. The van der Waals surface area contributed by atoms with Crippen LogP contribution in [-0.4, -0.2) is 22.2 Å². The summed E-state index contributed by atoms with van der Waals surface area (Å²) in [6.45, 7) is 6.06. The number of carbonyl (C=O) groups is 2. The zero-order valence-electron chi connectivity index (χ0n) is 12.7. The van der Waals surface area contributed by atoms with Gasteiger partial charge in [0.15, 0.2) is 0 Å². The summed E-state index contributed by atoms with van der Waals surface area (Å²) in [6, 6.07) is 0. The molecule has 0 rings (SSSR count). The molecule has 0 aromatic carbocycles. The van der Waals surface area contributed by atoms with E-state index < -0.39 is 11.9 Å². The Balaban J connectivity index is -0.000000262. The third kappa shape index (κ3) is 20.1. The van der Waals surface area contributed by atoms with Crippen molar-refractivity contribution in [3.63, 3.8) is 0 Å². The summed E-state index contributed by atoms with van der Waals surface area (Å²) in [5.41, 5.74) is 0. The minimum atomic E-state index is -0.682. The summed E-state index contributed by atoms with van der Waals surface area (Å²) in [5, 5.41) is 16.7. The van der Waals surface area contributed by atoms with Gasteiger partial charge in [0, 0.05) is 25.9 Å². The van der Waals surface area contributed by atoms with Gasteiger partial charge in [0.05, 0.1) is 5.92 Å². The smallest absolute Gasteiger partial charge is 0.306 e. The molecule has 1 unspecified atom stereocenters. The minimum Gasteiger partial charge on any atom is -0.481 e. The van der Waals surface area contributed by atoms with Crippen LogP contribution in [0.3, 0.4) is 0 Å². The first-order chi connectivity index (χ1) is 8.49. The number of rotatable bonds is 9. The van der Waals surface area contributed by atoms with E-state index in [4.69, 9.17) is 10.2 Å². The molecule has 0 bridgehead atoms. The normalized spacial score (nSPS) is 10.7. The average Bonchev–Trinajstić information content (AvgIpc) is 2.30. The van der Waals surface area contributed by atoms with E-state index in [0.29, 0.717) is 6.42 Å². The summed E-state index contributed by atoms with van der Waals surface area (Å²) in [5.74, 6) is -1.44. The Morgan fingerprint density at radius 3 is 1.79 bits per heavy atom. The van der Waals surface area contributed by atoms with Crippen LogP contribution in [0.15, 0.2) is 0 Å². The Morgan fingerprint density at radius 2 is 1.47 bits per heavy atom. The second-order valence-corrected chi connectivity index (χ2v) is 4.44. The molecule has 19 heavy (non-hydrogen) atoms. The van der Waals surface area contributed by atoms with E-state index in [-0.39, 0.29) is 25.4 Å². The number of hydrogen-bond donors (Lipinski definition) is 2. The predicted octanol–water partition coefficient (Wildman–Crippen LogP) is 3.94. The Morgan fingerprint density at radius 1 is 0.947 bits per heavy atom. The Bertz CT molecular complexity index is 219. The second-order valence-electron chi connectivity index (χ2n) is 4.44. The van der Waals surface area contributed by atoms with Crippen LogP contribution in [0.1, 0.15) is 72.1 Å². The van der Waals surface area contributed by atoms with Gasteiger partial charge in [0.1, 0.15) is 0 Å². The topological polar surface area (TPSA) is 74.6 Å². The van der Waals surface area contributed by atoms with Crippen molar-refractivity contribution in [1.29, 1.82) is 0 Å². The van der Waals surface area contributed by atoms with Crippen LogP contribution in [0.4, 0.5) is 0 Å². The number of aliphatic carboxylic acids is 2. The van der Waals surface area contributed by atoms with E-state index in [1.54, 1.807) is 0 Å². The van der Waals surface area contributed by atoms with Gasteiger partial charge in [0.2, 0.25) is 0 Å². The van der Waals surface area contributed by atoms with Crippen LogP contribution < -0.4 is 0 Å². The van der Waals surface area contributed by atoms with E-state index in [9.17, 15) is 9.59 Å².